The maximum Gasteiger partial charge on any atom is 0.407 e. The summed E-state index contributed by atoms with van der Waals surface area (Å²) in [6.45, 7) is 11.1. The van der Waals surface area contributed by atoms with Gasteiger partial charge in [0.25, 0.3) is 0 Å². The lowest BCUT2D eigenvalue weighted by molar-refractivity contribution is 0.0502. The van der Waals surface area contributed by atoms with E-state index < -0.39 is 5.60 Å². The molecule has 2 N–H and O–H groups in total. The smallest absolute Gasteiger partial charge is 0.407 e. The number of nitrogens with one attached hydrogen (secondary N) is 2. The molecular weight excluding hydrogens is 292 g/mol. The first-order valence-electron chi connectivity index (χ1n) is 8.09. The fourth-order valence-electron chi connectivity index (χ4n) is 2.21. The van der Waals surface area contributed by atoms with Gasteiger partial charge in [0.2, 0.25) is 0 Å². The maximum atomic E-state index is 11.8. The highest BCUT2D eigenvalue weighted by Crippen LogP contribution is 2.18. The highest BCUT2D eigenvalue weighted by atomic mass is 16.6. The van der Waals surface area contributed by atoms with E-state index in [0.717, 1.165) is 24.3 Å². The van der Waals surface area contributed by atoms with Gasteiger partial charge in [-0.2, -0.15) is 0 Å². The molecule has 1 amide bonds. The fraction of sp³-hybridized carbons (Fsp3) is 0.611. The third-order valence-electron chi connectivity index (χ3n) is 3.39. The molecule has 0 heterocycles. The summed E-state index contributed by atoms with van der Waals surface area (Å²) in [4.78, 5) is 11.8. The van der Waals surface area contributed by atoms with E-state index in [1.54, 1.807) is 7.11 Å². The number of benzene rings is 1. The zero-order chi connectivity index (χ0) is 17.5. The second kappa shape index (κ2) is 8.77. The van der Waals surface area contributed by atoms with Crippen LogP contribution in [0, 0.1) is 6.92 Å². The Morgan fingerprint density at radius 3 is 2.52 bits per heavy atom. The van der Waals surface area contributed by atoms with Crippen LogP contribution in [0.2, 0.25) is 0 Å². The van der Waals surface area contributed by atoms with Crippen LogP contribution in [-0.2, 0) is 11.3 Å². The van der Waals surface area contributed by atoms with E-state index in [1.807, 2.05) is 46.8 Å². The minimum atomic E-state index is -0.476. The number of hydrogen-bond donors (Lipinski definition) is 2. The van der Waals surface area contributed by atoms with Crippen molar-refractivity contribution in [1.82, 2.24) is 10.6 Å². The highest BCUT2D eigenvalue weighted by molar-refractivity contribution is 5.68. The first-order valence-corrected chi connectivity index (χ1v) is 8.09. The Hall–Kier alpha value is -1.75. The number of aryl methyl sites for hydroxylation is 1. The summed E-state index contributed by atoms with van der Waals surface area (Å²) in [5.74, 6) is 0.895. The third-order valence-corrected chi connectivity index (χ3v) is 3.39. The second-order valence-corrected chi connectivity index (χ2v) is 6.69. The molecule has 0 saturated carbocycles. The van der Waals surface area contributed by atoms with Gasteiger partial charge in [0.1, 0.15) is 11.4 Å². The molecule has 1 atom stereocenters. The minimum Gasteiger partial charge on any atom is -0.496 e. The van der Waals surface area contributed by atoms with Crippen LogP contribution in [0.25, 0.3) is 0 Å². The van der Waals surface area contributed by atoms with Crippen LogP contribution in [0.4, 0.5) is 4.79 Å². The Balaban J connectivity index is 2.43. The number of ether oxygens (including phenoxy) is 2. The van der Waals surface area contributed by atoms with Crippen LogP contribution in [0.1, 0.15) is 45.2 Å². The highest BCUT2D eigenvalue weighted by Gasteiger charge is 2.18. The summed E-state index contributed by atoms with van der Waals surface area (Å²) in [6.07, 6.45) is 0.472. The Labute approximate surface area is 139 Å². The van der Waals surface area contributed by atoms with Crippen molar-refractivity contribution >= 4 is 6.09 Å². The van der Waals surface area contributed by atoms with Crippen LogP contribution in [-0.4, -0.2) is 31.4 Å². The molecule has 0 radical (unpaired) electrons. The number of rotatable bonds is 7. The molecule has 5 nitrogen and oxygen atoms in total. The molecule has 0 aromatic heterocycles. The van der Waals surface area contributed by atoms with Gasteiger partial charge in [-0.25, -0.2) is 4.79 Å². The van der Waals surface area contributed by atoms with Crippen LogP contribution in [0.5, 0.6) is 5.75 Å². The second-order valence-electron chi connectivity index (χ2n) is 6.69. The third kappa shape index (κ3) is 7.37. The molecule has 0 saturated heterocycles. The Kier molecular flexibility index (Phi) is 7.36. The van der Waals surface area contributed by atoms with Crippen molar-refractivity contribution < 1.29 is 14.3 Å². The van der Waals surface area contributed by atoms with Gasteiger partial charge in [-0.05, 0) is 51.3 Å². The van der Waals surface area contributed by atoms with Crippen molar-refractivity contribution in [2.45, 2.75) is 59.2 Å². The summed E-state index contributed by atoms with van der Waals surface area (Å²) in [5, 5.41) is 6.27. The Morgan fingerprint density at radius 1 is 1.30 bits per heavy atom. The van der Waals surface area contributed by atoms with Gasteiger partial charge in [0, 0.05) is 19.1 Å². The predicted molar refractivity (Wildman–Crippen MR) is 92.9 cm³/mol. The quantitative estimate of drug-likeness (QED) is 0.808. The standard InChI is InChI=1S/C18H30N2O3/c1-7-15(20-17(21)23-18(3,4)5)12-19-11-14-8-9-16(22-6)13(2)10-14/h8-10,15,19H,7,11-12H2,1-6H3,(H,20,21). The molecule has 1 rings (SSSR count). The van der Waals surface area contributed by atoms with Crippen molar-refractivity contribution in [3.8, 4) is 5.75 Å². The number of carbonyl (C=O) groups excluding carboxylic acids is 1. The van der Waals surface area contributed by atoms with E-state index >= 15 is 0 Å². The lowest BCUT2D eigenvalue weighted by Crippen LogP contribution is -2.43. The van der Waals surface area contributed by atoms with Crippen molar-refractivity contribution in [2.24, 2.45) is 0 Å². The fourth-order valence-corrected chi connectivity index (χ4v) is 2.21. The Morgan fingerprint density at radius 2 is 2.00 bits per heavy atom. The van der Waals surface area contributed by atoms with Crippen molar-refractivity contribution in [2.75, 3.05) is 13.7 Å². The normalized spacial score (nSPS) is 12.6. The molecule has 0 spiro atoms. The van der Waals surface area contributed by atoms with Crippen molar-refractivity contribution in [1.29, 1.82) is 0 Å². The van der Waals surface area contributed by atoms with Crippen LogP contribution in [0.3, 0.4) is 0 Å². The monoisotopic (exact) mass is 322 g/mol. The maximum absolute atomic E-state index is 11.8. The molecule has 5 heteroatoms. The molecule has 1 aromatic carbocycles. The zero-order valence-corrected chi connectivity index (χ0v) is 15.2. The van der Waals surface area contributed by atoms with Gasteiger partial charge < -0.3 is 20.1 Å². The molecule has 0 fully saturated rings. The van der Waals surface area contributed by atoms with Gasteiger partial charge in [-0.1, -0.05) is 19.1 Å². The average molecular weight is 322 g/mol. The number of methoxy groups -OCH3 is 1. The van der Waals surface area contributed by atoms with Crippen molar-refractivity contribution in [3.05, 3.63) is 29.3 Å². The van der Waals surface area contributed by atoms with Gasteiger partial charge in [0.15, 0.2) is 0 Å². The van der Waals surface area contributed by atoms with Crippen LogP contribution >= 0.6 is 0 Å². The molecule has 0 aliphatic heterocycles. The topological polar surface area (TPSA) is 59.6 Å². The van der Waals surface area contributed by atoms with Gasteiger partial charge >= 0.3 is 6.09 Å². The molecule has 0 bridgehead atoms. The number of hydrogen-bond acceptors (Lipinski definition) is 4. The molecule has 1 aromatic rings. The number of amides is 1. The van der Waals surface area contributed by atoms with E-state index in [9.17, 15) is 4.79 Å². The van der Waals surface area contributed by atoms with Gasteiger partial charge in [-0.15, -0.1) is 0 Å². The SMILES string of the molecule is CCC(CNCc1ccc(OC)c(C)c1)NC(=O)OC(C)(C)C. The van der Waals surface area contributed by atoms with Gasteiger partial charge in [0.05, 0.1) is 7.11 Å². The minimum absolute atomic E-state index is 0.0456. The summed E-state index contributed by atoms with van der Waals surface area (Å²) in [5.41, 5.74) is 1.83. The molecular formula is C18H30N2O3. The van der Waals surface area contributed by atoms with E-state index in [0.29, 0.717) is 6.54 Å². The largest absolute Gasteiger partial charge is 0.496 e. The number of alkyl carbamates (subject to hydrolysis) is 1. The molecule has 23 heavy (non-hydrogen) atoms. The lowest BCUT2D eigenvalue weighted by atomic mass is 10.1. The van der Waals surface area contributed by atoms with E-state index in [-0.39, 0.29) is 12.1 Å². The molecule has 1 unspecified atom stereocenters. The number of carbonyl (C=O) groups is 1. The summed E-state index contributed by atoms with van der Waals surface area (Å²) in [7, 11) is 1.68. The first kappa shape index (κ1) is 19.3. The van der Waals surface area contributed by atoms with E-state index in [4.69, 9.17) is 9.47 Å². The van der Waals surface area contributed by atoms with Crippen molar-refractivity contribution in [3.63, 3.8) is 0 Å². The molecule has 0 aliphatic rings. The van der Waals surface area contributed by atoms with E-state index in [1.165, 1.54) is 5.56 Å². The van der Waals surface area contributed by atoms with E-state index in [2.05, 4.69) is 16.7 Å². The average Bonchev–Trinajstić information content (AvgIpc) is 2.44. The lowest BCUT2D eigenvalue weighted by Gasteiger charge is -2.23. The van der Waals surface area contributed by atoms with Gasteiger partial charge in [-0.3, -0.25) is 0 Å². The van der Waals surface area contributed by atoms with Crippen LogP contribution in [0.15, 0.2) is 18.2 Å². The predicted octanol–water partition coefficient (Wildman–Crippen LogP) is 3.40. The molecule has 0 aliphatic carbocycles. The summed E-state index contributed by atoms with van der Waals surface area (Å²) in [6, 6.07) is 6.17. The molecule has 130 valence electrons. The first-order chi connectivity index (χ1) is 10.7. The Bertz CT molecular complexity index is 509. The zero-order valence-electron chi connectivity index (χ0n) is 15.2. The van der Waals surface area contributed by atoms with Crippen LogP contribution < -0.4 is 15.4 Å². The summed E-state index contributed by atoms with van der Waals surface area (Å²) >= 11 is 0. The summed E-state index contributed by atoms with van der Waals surface area (Å²) < 4.78 is 10.5.